The summed E-state index contributed by atoms with van der Waals surface area (Å²) in [6.45, 7) is 0. The predicted molar refractivity (Wildman–Crippen MR) is 53.9 cm³/mol. The Morgan fingerprint density at radius 1 is 1.47 bits per heavy atom. The standard InChI is InChI=1S/C10H8ClFN2O/c11-7-2-1-6(3-8(7)12)10(13)9-4-14-5-15-9/h1-5,10H,13H2. The molecule has 2 rings (SSSR count). The minimum atomic E-state index is -0.528. The van der Waals surface area contributed by atoms with Gasteiger partial charge in [-0.05, 0) is 17.7 Å². The van der Waals surface area contributed by atoms with Gasteiger partial charge < -0.3 is 10.2 Å². The van der Waals surface area contributed by atoms with Crippen LogP contribution in [0.3, 0.4) is 0 Å². The van der Waals surface area contributed by atoms with E-state index in [1.807, 2.05) is 0 Å². The van der Waals surface area contributed by atoms with Crippen LogP contribution in [0.15, 0.2) is 35.2 Å². The Morgan fingerprint density at radius 3 is 2.87 bits per heavy atom. The second-order valence-corrected chi connectivity index (χ2v) is 3.46. The molecule has 0 aliphatic heterocycles. The van der Waals surface area contributed by atoms with Gasteiger partial charge in [-0.15, -0.1) is 0 Å². The van der Waals surface area contributed by atoms with Crippen LogP contribution in [-0.2, 0) is 0 Å². The lowest BCUT2D eigenvalue weighted by molar-refractivity contribution is 0.484. The van der Waals surface area contributed by atoms with Crippen molar-refractivity contribution in [1.82, 2.24) is 4.98 Å². The van der Waals surface area contributed by atoms with Crippen LogP contribution >= 0.6 is 11.6 Å². The fourth-order valence-electron chi connectivity index (χ4n) is 1.25. The van der Waals surface area contributed by atoms with Crippen molar-refractivity contribution in [3.8, 4) is 0 Å². The molecule has 0 saturated carbocycles. The molecule has 1 atom stereocenters. The van der Waals surface area contributed by atoms with Crippen LogP contribution in [0.2, 0.25) is 5.02 Å². The SMILES string of the molecule is NC(c1ccc(Cl)c(F)c1)c1cnco1. The van der Waals surface area contributed by atoms with E-state index < -0.39 is 11.9 Å². The van der Waals surface area contributed by atoms with Crippen molar-refractivity contribution >= 4 is 11.6 Å². The van der Waals surface area contributed by atoms with Crippen molar-refractivity contribution in [2.24, 2.45) is 5.73 Å². The number of aromatic nitrogens is 1. The Labute approximate surface area is 90.7 Å². The molecular formula is C10H8ClFN2O. The molecular weight excluding hydrogens is 219 g/mol. The summed E-state index contributed by atoms with van der Waals surface area (Å²) in [6.07, 6.45) is 2.78. The summed E-state index contributed by atoms with van der Waals surface area (Å²) in [5.74, 6) is -0.0131. The first-order valence-corrected chi connectivity index (χ1v) is 4.65. The lowest BCUT2D eigenvalue weighted by Crippen LogP contribution is -2.11. The highest BCUT2D eigenvalue weighted by Gasteiger charge is 2.13. The van der Waals surface area contributed by atoms with Crippen LogP contribution < -0.4 is 5.73 Å². The van der Waals surface area contributed by atoms with Gasteiger partial charge in [0.05, 0.1) is 17.3 Å². The third-order valence-corrected chi connectivity index (χ3v) is 2.37. The third kappa shape index (κ3) is 2.00. The summed E-state index contributed by atoms with van der Waals surface area (Å²) in [5, 5.41) is 0.0727. The molecule has 2 N–H and O–H groups in total. The van der Waals surface area contributed by atoms with Crippen molar-refractivity contribution in [3.63, 3.8) is 0 Å². The molecule has 0 aliphatic carbocycles. The molecule has 1 heterocycles. The zero-order chi connectivity index (χ0) is 10.8. The minimum absolute atomic E-state index is 0.0727. The van der Waals surface area contributed by atoms with E-state index in [-0.39, 0.29) is 5.02 Å². The van der Waals surface area contributed by atoms with E-state index in [2.05, 4.69) is 4.98 Å². The van der Waals surface area contributed by atoms with Gasteiger partial charge in [0, 0.05) is 0 Å². The Balaban J connectivity index is 2.34. The first-order chi connectivity index (χ1) is 7.18. The number of nitrogens with zero attached hydrogens (tertiary/aromatic N) is 1. The van der Waals surface area contributed by atoms with Gasteiger partial charge in [-0.1, -0.05) is 17.7 Å². The number of nitrogens with two attached hydrogens (primary N) is 1. The van der Waals surface area contributed by atoms with Crippen LogP contribution in [0.5, 0.6) is 0 Å². The van der Waals surface area contributed by atoms with Crippen molar-refractivity contribution in [3.05, 3.63) is 53.0 Å². The van der Waals surface area contributed by atoms with Gasteiger partial charge in [-0.3, -0.25) is 0 Å². The molecule has 0 spiro atoms. The maximum Gasteiger partial charge on any atom is 0.180 e. The van der Waals surface area contributed by atoms with Crippen LogP contribution in [0, 0.1) is 5.82 Å². The molecule has 78 valence electrons. The summed E-state index contributed by atoms with van der Waals surface area (Å²) < 4.78 is 18.2. The molecule has 1 aromatic carbocycles. The molecule has 0 amide bonds. The fraction of sp³-hybridized carbons (Fsp3) is 0.100. The quantitative estimate of drug-likeness (QED) is 0.856. The van der Waals surface area contributed by atoms with Crippen molar-refractivity contribution in [2.45, 2.75) is 6.04 Å². The number of hydrogen-bond acceptors (Lipinski definition) is 3. The predicted octanol–water partition coefficient (Wildman–Crippen LogP) is 2.52. The van der Waals surface area contributed by atoms with E-state index in [4.69, 9.17) is 21.8 Å². The number of halogens is 2. The van der Waals surface area contributed by atoms with E-state index >= 15 is 0 Å². The van der Waals surface area contributed by atoms with E-state index in [1.54, 1.807) is 6.07 Å². The van der Waals surface area contributed by atoms with E-state index in [0.29, 0.717) is 11.3 Å². The second-order valence-electron chi connectivity index (χ2n) is 3.06. The van der Waals surface area contributed by atoms with Crippen molar-refractivity contribution in [1.29, 1.82) is 0 Å². The van der Waals surface area contributed by atoms with Crippen LogP contribution in [0.1, 0.15) is 17.4 Å². The normalized spacial score (nSPS) is 12.7. The molecule has 15 heavy (non-hydrogen) atoms. The molecule has 0 bridgehead atoms. The minimum Gasteiger partial charge on any atom is -0.446 e. The van der Waals surface area contributed by atoms with Crippen molar-refractivity contribution in [2.75, 3.05) is 0 Å². The number of hydrogen-bond donors (Lipinski definition) is 1. The average molecular weight is 227 g/mol. The van der Waals surface area contributed by atoms with E-state index in [0.717, 1.165) is 0 Å². The highest BCUT2D eigenvalue weighted by molar-refractivity contribution is 6.30. The molecule has 0 radical (unpaired) electrons. The van der Waals surface area contributed by atoms with Crippen LogP contribution in [0.4, 0.5) is 4.39 Å². The third-order valence-electron chi connectivity index (χ3n) is 2.06. The molecule has 0 aliphatic rings. The molecule has 1 aromatic heterocycles. The zero-order valence-corrected chi connectivity index (χ0v) is 8.41. The van der Waals surface area contributed by atoms with Crippen LogP contribution in [-0.4, -0.2) is 4.98 Å². The fourth-order valence-corrected chi connectivity index (χ4v) is 1.37. The second kappa shape index (κ2) is 4.00. The van der Waals surface area contributed by atoms with Gasteiger partial charge in [0.25, 0.3) is 0 Å². The topological polar surface area (TPSA) is 52.0 Å². The number of benzene rings is 1. The highest BCUT2D eigenvalue weighted by Crippen LogP contribution is 2.23. The first-order valence-electron chi connectivity index (χ1n) is 4.27. The number of rotatable bonds is 2. The molecule has 0 saturated heterocycles. The van der Waals surface area contributed by atoms with Gasteiger partial charge in [0.1, 0.15) is 11.6 Å². The van der Waals surface area contributed by atoms with Gasteiger partial charge in [0.2, 0.25) is 0 Å². The average Bonchev–Trinajstić information content (AvgIpc) is 2.74. The van der Waals surface area contributed by atoms with Crippen LogP contribution in [0.25, 0.3) is 0 Å². The van der Waals surface area contributed by atoms with Crippen molar-refractivity contribution < 1.29 is 8.81 Å². The Hall–Kier alpha value is -1.39. The lowest BCUT2D eigenvalue weighted by Gasteiger charge is -2.08. The van der Waals surface area contributed by atoms with E-state index in [9.17, 15) is 4.39 Å². The Bertz CT molecular complexity index is 458. The molecule has 2 aromatic rings. The highest BCUT2D eigenvalue weighted by atomic mass is 35.5. The zero-order valence-electron chi connectivity index (χ0n) is 7.65. The summed E-state index contributed by atoms with van der Waals surface area (Å²) >= 11 is 5.56. The Morgan fingerprint density at radius 2 is 2.27 bits per heavy atom. The number of oxazole rings is 1. The monoisotopic (exact) mass is 226 g/mol. The van der Waals surface area contributed by atoms with Gasteiger partial charge in [-0.2, -0.15) is 0 Å². The van der Waals surface area contributed by atoms with Gasteiger partial charge in [0.15, 0.2) is 6.39 Å². The summed E-state index contributed by atoms with van der Waals surface area (Å²) in [6, 6.07) is 3.87. The van der Waals surface area contributed by atoms with E-state index in [1.165, 1.54) is 24.7 Å². The molecule has 5 heteroatoms. The molecule has 0 fully saturated rings. The smallest absolute Gasteiger partial charge is 0.180 e. The summed E-state index contributed by atoms with van der Waals surface area (Å²) in [7, 11) is 0. The van der Waals surface area contributed by atoms with Gasteiger partial charge >= 0.3 is 0 Å². The summed E-state index contributed by atoms with van der Waals surface area (Å²) in [4.78, 5) is 3.74. The summed E-state index contributed by atoms with van der Waals surface area (Å²) in [5.41, 5.74) is 6.43. The molecule has 3 nitrogen and oxygen atoms in total. The Kier molecular flexibility index (Phi) is 2.70. The molecule has 1 unspecified atom stereocenters. The maximum absolute atomic E-state index is 13.1. The maximum atomic E-state index is 13.1. The first kappa shape index (κ1) is 10.1. The lowest BCUT2D eigenvalue weighted by atomic mass is 10.1. The largest absolute Gasteiger partial charge is 0.446 e. The van der Waals surface area contributed by atoms with Gasteiger partial charge in [-0.25, -0.2) is 9.37 Å².